The van der Waals surface area contributed by atoms with Gasteiger partial charge >= 0.3 is 5.97 Å². The summed E-state index contributed by atoms with van der Waals surface area (Å²) in [6.45, 7) is 5.54. The van der Waals surface area contributed by atoms with Crippen LogP contribution in [0.2, 0.25) is 0 Å². The van der Waals surface area contributed by atoms with E-state index in [0.29, 0.717) is 10.8 Å². The third-order valence-electron chi connectivity index (χ3n) is 5.01. The molecule has 0 atom stereocenters. The summed E-state index contributed by atoms with van der Waals surface area (Å²) in [6.07, 6.45) is 4.68. The molecule has 0 fully saturated rings. The summed E-state index contributed by atoms with van der Waals surface area (Å²) >= 11 is 0. The molecule has 4 aromatic rings. The van der Waals surface area contributed by atoms with E-state index in [1.807, 2.05) is 32.9 Å². The first kappa shape index (κ1) is 23.6. The first-order chi connectivity index (χ1) is 16.7. The van der Waals surface area contributed by atoms with E-state index in [0.717, 1.165) is 0 Å². The number of aromatic nitrogens is 3. The summed E-state index contributed by atoms with van der Waals surface area (Å²) < 4.78 is 6.35. The average Bonchev–Trinajstić information content (AvgIpc) is 3.26. The van der Waals surface area contributed by atoms with Crippen LogP contribution in [0.3, 0.4) is 0 Å². The van der Waals surface area contributed by atoms with Crippen LogP contribution in [0.4, 0.5) is 11.5 Å². The number of rotatable bonds is 5. The van der Waals surface area contributed by atoms with E-state index >= 15 is 0 Å². The predicted octanol–water partition coefficient (Wildman–Crippen LogP) is 4.86. The molecule has 1 amide bonds. The molecule has 0 saturated heterocycles. The molecule has 10 heteroatoms. The van der Waals surface area contributed by atoms with Gasteiger partial charge in [-0.25, -0.2) is 14.8 Å². The van der Waals surface area contributed by atoms with Crippen LogP contribution in [0.5, 0.6) is 5.75 Å². The summed E-state index contributed by atoms with van der Waals surface area (Å²) in [5.41, 5.74) is -0.237. The smallest absolute Gasteiger partial charge is 0.341 e. The second-order valence-corrected chi connectivity index (χ2v) is 8.71. The van der Waals surface area contributed by atoms with Gasteiger partial charge in [0.2, 0.25) is 5.95 Å². The van der Waals surface area contributed by atoms with Crippen molar-refractivity contribution < 1.29 is 19.4 Å². The molecule has 0 aliphatic rings. The zero-order valence-corrected chi connectivity index (χ0v) is 19.7. The van der Waals surface area contributed by atoms with Crippen molar-refractivity contribution in [3.63, 3.8) is 0 Å². The normalized spacial score (nSPS) is 11.7. The van der Waals surface area contributed by atoms with Crippen molar-refractivity contribution in [2.75, 3.05) is 7.11 Å². The third-order valence-corrected chi connectivity index (χ3v) is 5.01. The number of carbonyl (C=O) groups is 2. The van der Waals surface area contributed by atoms with E-state index in [-0.39, 0.29) is 34.3 Å². The topological polar surface area (TPSA) is 131 Å². The average molecular weight is 473 g/mol. The molecule has 10 nitrogen and oxygen atoms in total. The van der Waals surface area contributed by atoms with E-state index in [9.17, 15) is 14.7 Å². The van der Waals surface area contributed by atoms with E-state index < -0.39 is 17.4 Å². The summed E-state index contributed by atoms with van der Waals surface area (Å²) in [5, 5.41) is 23.7. The number of aromatic hydroxyl groups is 1. The molecular weight excluding hydrogens is 448 g/mol. The molecule has 178 valence electrons. The van der Waals surface area contributed by atoms with E-state index in [4.69, 9.17) is 4.74 Å². The molecule has 0 aliphatic heterocycles. The highest BCUT2D eigenvalue weighted by molar-refractivity contribution is 6.07. The molecule has 0 aliphatic carbocycles. The Bertz CT molecular complexity index is 1440. The van der Waals surface area contributed by atoms with Gasteiger partial charge in [-0.15, -0.1) is 10.2 Å². The fraction of sp³-hybridized carbons (Fsp3) is 0.200. The maximum Gasteiger partial charge on any atom is 0.341 e. The number of hydrogen-bond acceptors (Lipinski definition) is 8. The maximum absolute atomic E-state index is 12.9. The van der Waals surface area contributed by atoms with Crippen LogP contribution < -0.4 is 5.32 Å². The van der Waals surface area contributed by atoms with Crippen molar-refractivity contribution in [3.8, 4) is 11.7 Å². The number of benzene rings is 2. The number of carbonyl (C=O) groups excluding carboxylic acids is 2. The van der Waals surface area contributed by atoms with Crippen LogP contribution >= 0.6 is 0 Å². The van der Waals surface area contributed by atoms with Crippen LogP contribution in [0.1, 0.15) is 41.5 Å². The van der Waals surface area contributed by atoms with Crippen LogP contribution in [0.25, 0.3) is 16.7 Å². The quantitative estimate of drug-likeness (QED) is 0.315. The van der Waals surface area contributed by atoms with Crippen molar-refractivity contribution >= 4 is 34.2 Å². The first-order valence-electron chi connectivity index (χ1n) is 10.8. The van der Waals surface area contributed by atoms with Crippen LogP contribution in [0.15, 0.2) is 71.3 Å². The molecular formula is C25H24N6O4. The molecule has 0 unspecified atom stereocenters. The number of methoxy groups -OCH3 is 1. The highest BCUT2D eigenvalue weighted by atomic mass is 16.5. The largest absolute Gasteiger partial charge is 0.505 e. The minimum atomic E-state index is -0.624. The molecule has 0 radical (unpaired) electrons. The predicted molar refractivity (Wildman–Crippen MR) is 130 cm³/mol. The zero-order chi connectivity index (χ0) is 25.2. The number of ether oxygens (including phenoxy) is 1. The molecule has 2 heterocycles. The van der Waals surface area contributed by atoms with Gasteiger partial charge in [-0.05, 0) is 44.4 Å². The Hall–Kier alpha value is -4.60. The van der Waals surface area contributed by atoms with Crippen molar-refractivity contribution in [3.05, 3.63) is 72.2 Å². The van der Waals surface area contributed by atoms with E-state index in [1.54, 1.807) is 42.9 Å². The summed E-state index contributed by atoms with van der Waals surface area (Å²) in [5.74, 6) is -1.03. The number of phenols is 1. The minimum absolute atomic E-state index is 0.0579. The van der Waals surface area contributed by atoms with E-state index in [1.165, 1.54) is 17.7 Å². The Balaban J connectivity index is 1.89. The lowest BCUT2D eigenvalue weighted by Gasteiger charge is -2.21. The highest BCUT2D eigenvalue weighted by Gasteiger charge is 2.23. The standard InChI is InChI=1S/C25H24N6O4/c1-25(2,3)28-22(33)18-14-15-8-5-6-9-16(15)19(20(18)32)29-30-21-17(23(34)35-4)10-13-31(21)24-26-11-7-12-27-24/h5-14,32H,1-4H3,(H,28,33). The lowest BCUT2D eigenvalue weighted by molar-refractivity contribution is 0.0601. The van der Waals surface area contributed by atoms with Gasteiger partial charge in [-0.3, -0.25) is 9.36 Å². The lowest BCUT2D eigenvalue weighted by Crippen LogP contribution is -2.40. The van der Waals surface area contributed by atoms with Gasteiger partial charge in [0.05, 0.1) is 12.7 Å². The Morgan fingerprint density at radius 2 is 1.74 bits per heavy atom. The fourth-order valence-electron chi connectivity index (χ4n) is 3.47. The Morgan fingerprint density at radius 1 is 1.03 bits per heavy atom. The second-order valence-electron chi connectivity index (χ2n) is 8.71. The van der Waals surface area contributed by atoms with Crippen molar-refractivity contribution in [2.24, 2.45) is 10.2 Å². The molecule has 2 N–H and O–H groups in total. The molecule has 0 bridgehead atoms. The minimum Gasteiger partial charge on any atom is -0.505 e. The summed E-state index contributed by atoms with van der Waals surface area (Å²) in [7, 11) is 1.26. The Kier molecular flexibility index (Phi) is 6.28. The molecule has 4 rings (SSSR count). The maximum atomic E-state index is 12.9. The number of azo groups is 1. The Labute approximate surface area is 201 Å². The SMILES string of the molecule is COC(=O)c1ccn(-c2ncccn2)c1N=Nc1c(O)c(C(=O)NC(C)(C)C)cc2ccccc12. The highest BCUT2D eigenvalue weighted by Crippen LogP contribution is 2.40. The lowest BCUT2D eigenvalue weighted by atomic mass is 10.0. The molecule has 2 aromatic carbocycles. The fourth-order valence-corrected chi connectivity index (χ4v) is 3.47. The number of phenolic OH excluding ortho intramolecular Hbond substituents is 1. The molecule has 35 heavy (non-hydrogen) atoms. The monoisotopic (exact) mass is 472 g/mol. The Morgan fingerprint density at radius 3 is 2.43 bits per heavy atom. The summed E-state index contributed by atoms with van der Waals surface area (Å²) in [4.78, 5) is 33.7. The third kappa shape index (κ3) is 4.86. The van der Waals surface area contributed by atoms with Crippen molar-refractivity contribution in [1.82, 2.24) is 19.9 Å². The number of fused-ring (bicyclic) bond motifs is 1. The van der Waals surface area contributed by atoms with Crippen LogP contribution in [0, 0.1) is 0 Å². The van der Waals surface area contributed by atoms with Crippen molar-refractivity contribution in [1.29, 1.82) is 0 Å². The van der Waals surface area contributed by atoms with Gasteiger partial charge in [0.15, 0.2) is 11.6 Å². The van der Waals surface area contributed by atoms with E-state index in [2.05, 4.69) is 25.5 Å². The van der Waals surface area contributed by atoms with Gasteiger partial charge < -0.3 is 15.2 Å². The van der Waals surface area contributed by atoms with Gasteiger partial charge in [0.1, 0.15) is 11.3 Å². The van der Waals surface area contributed by atoms with Crippen LogP contribution in [-0.4, -0.2) is 44.2 Å². The second kappa shape index (κ2) is 9.34. The van der Waals surface area contributed by atoms with Crippen LogP contribution in [-0.2, 0) is 4.74 Å². The van der Waals surface area contributed by atoms with Gasteiger partial charge in [-0.1, -0.05) is 24.3 Å². The van der Waals surface area contributed by atoms with Gasteiger partial charge in [0, 0.05) is 29.5 Å². The van der Waals surface area contributed by atoms with Gasteiger partial charge in [0.25, 0.3) is 5.91 Å². The number of esters is 1. The number of nitrogens with zero attached hydrogens (tertiary/aromatic N) is 5. The number of nitrogens with one attached hydrogen (secondary N) is 1. The summed E-state index contributed by atoms with van der Waals surface area (Å²) in [6, 6.07) is 12.0. The molecule has 0 spiro atoms. The number of hydrogen-bond donors (Lipinski definition) is 2. The number of amides is 1. The molecule has 0 saturated carbocycles. The van der Waals surface area contributed by atoms with Crippen molar-refractivity contribution in [2.45, 2.75) is 26.3 Å². The van der Waals surface area contributed by atoms with Gasteiger partial charge in [-0.2, -0.15) is 0 Å². The zero-order valence-electron chi connectivity index (χ0n) is 19.7. The first-order valence-corrected chi connectivity index (χ1v) is 10.8. The molecule has 2 aromatic heterocycles.